The van der Waals surface area contributed by atoms with E-state index in [0.717, 1.165) is 6.54 Å². The van der Waals surface area contributed by atoms with E-state index in [-0.39, 0.29) is 17.6 Å². The van der Waals surface area contributed by atoms with Gasteiger partial charge >= 0.3 is 0 Å². The Morgan fingerprint density at radius 2 is 2.10 bits per heavy atom. The average molecular weight is 297 g/mol. The third-order valence-corrected chi connectivity index (χ3v) is 6.50. The maximum atomic E-state index is 11.9. The minimum Gasteiger partial charge on any atom is -0.356 e. The fourth-order valence-corrected chi connectivity index (χ4v) is 5.12. The molecular formula is C15H23NO3S. The summed E-state index contributed by atoms with van der Waals surface area (Å²) in [6.45, 7) is 0.768. The lowest BCUT2D eigenvalue weighted by Gasteiger charge is -2.29. The fraction of sp³-hybridized carbons (Fsp3) is 0.800. The fourth-order valence-electron chi connectivity index (χ4n) is 3.72. The van der Waals surface area contributed by atoms with Crippen molar-refractivity contribution < 1.29 is 13.2 Å². The van der Waals surface area contributed by atoms with Crippen LogP contribution in [0.15, 0.2) is 11.5 Å². The number of hydrogen-bond acceptors (Lipinski definition) is 3. The van der Waals surface area contributed by atoms with Gasteiger partial charge in [0.2, 0.25) is 5.91 Å². The van der Waals surface area contributed by atoms with Gasteiger partial charge in [0.25, 0.3) is 0 Å². The van der Waals surface area contributed by atoms with Crippen LogP contribution >= 0.6 is 0 Å². The monoisotopic (exact) mass is 297 g/mol. The molecule has 0 saturated heterocycles. The molecule has 2 aliphatic carbocycles. The summed E-state index contributed by atoms with van der Waals surface area (Å²) in [4.78, 5) is 11.9. The summed E-state index contributed by atoms with van der Waals surface area (Å²) in [5, 5.41) is 4.24. The van der Waals surface area contributed by atoms with E-state index >= 15 is 0 Å². The lowest BCUT2D eigenvalue weighted by atomic mass is 9.79. The summed E-state index contributed by atoms with van der Waals surface area (Å²) >= 11 is 0. The number of hydrogen-bond donors (Lipinski definition) is 1. The maximum Gasteiger partial charge on any atom is 0.220 e. The standard InChI is InChI=1S/C15H23NO3S/c17-14(8-12-3-7-20(18,19)11-12)16-10-13-2-1-4-15(9-13)5-6-15/h3,7,12-13H,1-2,4-6,8-11H2,(H,16,17). The van der Waals surface area contributed by atoms with Gasteiger partial charge in [0.1, 0.15) is 0 Å². The summed E-state index contributed by atoms with van der Waals surface area (Å²) in [5.41, 5.74) is 0.635. The second-order valence-electron chi connectivity index (χ2n) is 6.89. The van der Waals surface area contributed by atoms with E-state index in [0.29, 0.717) is 17.8 Å². The van der Waals surface area contributed by atoms with Crippen LogP contribution < -0.4 is 5.32 Å². The highest BCUT2D eigenvalue weighted by molar-refractivity contribution is 7.94. The summed E-state index contributed by atoms with van der Waals surface area (Å²) in [6, 6.07) is 0. The van der Waals surface area contributed by atoms with Gasteiger partial charge in [-0.25, -0.2) is 8.42 Å². The molecule has 1 heterocycles. The molecule has 1 amide bonds. The molecule has 4 nitrogen and oxygen atoms in total. The van der Waals surface area contributed by atoms with Crippen LogP contribution in [0.5, 0.6) is 0 Å². The molecule has 0 aromatic rings. The highest BCUT2D eigenvalue weighted by atomic mass is 32.2. The van der Waals surface area contributed by atoms with Gasteiger partial charge in [0, 0.05) is 24.3 Å². The van der Waals surface area contributed by atoms with Crippen LogP contribution in [0.1, 0.15) is 44.9 Å². The van der Waals surface area contributed by atoms with E-state index in [2.05, 4.69) is 5.32 Å². The van der Waals surface area contributed by atoms with Gasteiger partial charge in [0.05, 0.1) is 5.75 Å². The molecule has 0 radical (unpaired) electrons. The summed E-state index contributed by atoms with van der Waals surface area (Å²) in [6.07, 6.45) is 9.86. The zero-order valence-corrected chi connectivity index (χ0v) is 12.6. The van der Waals surface area contributed by atoms with Crippen LogP contribution in [0.25, 0.3) is 0 Å². The molecule has 3 rings (SSSR count). The molecule has 2 saturated carbocycles. The Morgan fingerprint density at radius 1 is 1.30 bits per heavy atom. The second-order valence-corrected chi connectivity index (χ2v) is 8.82. The quantitative estimate of drug-likeness (QED) is 0.863. The van der Waals surface area contributed by atoms with E-state index in [4.69, 9.17) is 0 Å². The Morgan fingerprint density at radius 3 is 2.75 bits per heavy atom. The van der Waals surface area contributed by atoms with Crippen molar-refractivity contribution in [3.05, 3.63) is 11.5 Å². The number of rotatable bonds is 4. The number of allylic oxidation sites excluding steroid dienone is 1. The molecule has 1 N–H and O–H groups in total. The van der Waals surface area contributed by atoms with Crippen molar-refractivity contribution in [1.29, 1.82) is 0 Å². The third-order valence-electron chi connectivity index (χ3n) is 5.04. The van der Waals surface area contributed by atoms with Crippen molar-refractivity contribution in [3.63, 3.8) is 0 Å². The van der Waals surface area contributed by atoms with E-state index in [1.807, 2.05) is 0 Å². The minimum atomic E-state index is -3.04. The highest BCUT2D eigenvalue weighted by Crippen LogP contribution is 2.57. The number of nitrogens with one attached hydrogen (secondary N) is 1. The van der Waals surface area contributed by atoms with Crippen LogP contribution in [0.3, 0.4) is 0 Å². The molecular weight excluding hydrogens is 274 g/mol. The average Bonchev–Trinajstić information content (AvgIpc) is 3.03. The largest absolute Gasteiger partial charge is 0.356 e. The van der Waals surface area contributed by atoms with Gasteiger partial charge in [0.15, 0.2) is 9.84 Å². The van der Waals surface area contributed by atoms with Crippen molar-refractivity contribution in [1.82, 2.24) is 5.32 Å². The Balaban J connectivity index is 1.40. The van der Waals surface area contributed by atoms with E-state index in [9.17, 15) is 13.2 Å². The van der Waals surface area contributed by atoms with Crippen LogP contribution in [-0.4, -0.2) is 26.6 Å². The third kappa shape index (κ3) is 3.43. The molecule has 2 unspecified atom stereocenters. The molecule has 1 aliphatic heterocycles. The van der Waals surface area contributed by atoms with Gasteiger partial charge in [-0.1, -0.05) is 12.5 Å². The zero-order chi connectivity index (χ0) is 14.2. The Labute approximate surface area is 120 Å². The maximum absolute atomic E-state index is 11.9. The predicted octanol–water partition coefficient (Wildman–Crippen LogP) is 2.02. The van der Waals surface area contributed by atoms with Gasteiger partial charge < -0.3 is 5.32 Å². The molecule has 2 fully saturated rings. The van der Waals surface area contributed by atoms with Crippen molar-refractivity contribution >= 4 is 15.7 Å². The van der Waals surface area contributed by atoms with Crippen LogP contribution in [-0.2, 0) is 14.6 Å². The topological polar surface area (TPSA) is 63.2 Å². The summed E-state index contributed by atoms with van der Waals surface area (Å²) in [5.74, 6) is 0.568. The lowest BCUT2D eigenvalue weighted by molar-refractivity contribution is -0.121. The van der Waals surface area contributed by atoms with Crippen LogP contribution in [0.4, 0.5) is 0 Å². The molecule has 1 spiro atoms. The van der Waals surface area contributed by atoms with Crippen LogP contribution in [0, 0.1) is 17.3 Å². The van der Waals surface area contributed by atoms with Gasteiger partial charge in [-0.15, -0.1) is 0 Å². The van der Waals surface area contributed by atoms with Gasteiger partial charge in [-0.3, -0.25) is 4.79 Å². The molecule has 0 bridgehead atoms. The van der Waals surface area contributed by atoms with E-state index < -0.39 is 9.84 Å². The summed E-state index contributed by atoms with van der Waals surface area (Å²) < 4.78 is 22.6. The minimum absolute atomic E-state index is 0.00725. The lowest BCUT2D eigenvalue weighted by Crippen LogP contribution is -2.33. The van der Waals surface area contributed by atoms with E-state index in [1.54, 1.807) is 6.08 Å². The first-order valence-corrected chi connectivity index (χ1v) is 9.36. The molecule has 5 heteroatoms. The van der Waals surface area contributed by atoms with Crippen molar-refractivity contribution in [2.24, 2.45) is 17.3 Å². The van der Waals surface area contributed by atoms with E-state index in [1.165, 1.54) is 43.9 Å². The molecule has 112 valence electrons. The number of amides is 1. The normalized spacial score (nSPS) is 33.2. The molecule has 0 aromatic carbocycles. The van der Waals surface area contributed by atoms with Crippen molar-refractivity contribution in [2.45, 2.75) is 44.9 Å². The number of carbonyl (C=O) groups is 1. The second kappa shape index (κ2) is 5.17. The molecule has 20 heavy (non-hydrogen) atoms. The van der Waals surface area contributed by atoms with Crippen molar-refractivity contribution in [2.75, 3.05) is 12.3 Å². The predicted molar refractivity (Wildman–Crippen MR) is 77.7 cm³/mol. The van der Waals surface area contributed by atoms with Gasteiger partial charge in [-0.05, 0) is 43.4 Å². The van der Waals surface area contributed by atoms with Crippen LogP contribution in [0.2, 0.25) is 0 Å². The number of carbonyl (C=O) groups excluding carboxylic acids is 1. The smallest absolute Gasteiger partial charge is 0.220 e. The first-order chi connectivity index (χ1) is 9.46. The molecule has 0 aromatic heterocycles. The Kier molecular flexibility index (Phi) is 3.65. The first-order valence-electron chi connectivity index (χ1n) is 7.64. The molecule has 3 aliphatic rings. The Hall–Kier alpha value is -0.840. The SMILES string of the molecule is O=C(CC1C=CS(=O)(=O)C1)NCC1CCCC2(CC2)C1. The zero-order valence-electron chi connectivity index (χ0n) is 11.8. The first kappa shape index (κ1) is 14.1. The molecule has 2 atom stereocenters. The Bertz CT molecular complexity index is 519. The number of sulfone groups is 1. The summed E-state index contributed by atoms with van der Waals surface area (Å²) in [7, 11) is -3.04. The van der Waals surface area contributed by atoms with Gasteiger partial charge in [-0.2, -0.15) is 0 Å². The highest BCUT2D eigenvalue weighted by Gasteiger charge is 2.45. The van der Waals surface area contributed by atoms with Crippen molar-refractivity contribution in [3.8, 4) is 0 Å².